The maximum Gasteiger partial charge on any atom is 0.508 e. The summed E-state index contributed by atoms with van der Waals surface area (Å²) in [7, 11) is 0. The van der Waals surface area contributed by atoms with Crippen molar-refractivity contribution in [1.82, 2.24) is 0 Å². The maximum atomic E-state index is 13.1. The molecular weight excluding hydrogens is 795 g/mol. The molecule has 0 aliphatic carbocycles. The normalized spacial score (nSPS) is 12.5. The molecule has 2 unspecified atom stereocenters. The zero-order valence-corrected chi connectivity index (χ0v) is 43.8. The lowest BCUT2D eigenvalue weighted by molar-refractivity contribution is -0.901. The van der Waals surface area contributed by atoms with E-state index < -0.39 is 6.16 Å². The molecule has 0 heterocycles. The van der Waals surface area contributed by atoms with Gasteiger partial charge in [0.2, 0.25) is 0 Å². The van der Waals surface area contributed by atoms with Crippen molar-refractivity contribution < 1.29 is 33.8 Å². The Morgan fingerprint density at radius 1 is 0.375 bits per heavy atom. The van der Waals surface area contributed by atoms with Crippen molar-refractivity contribution in [2.45, 2.75) is 310 Å². The number of aliphatic hydroxyl groups excluding tert-OH is 1. The quantitative estimate of drug-likeness (QED) is 0.0467. The summed E-state index contributed by atoms with van der Waals surface area (Å²) in [5.41, 5.74) is 0. The van der Waals surface area contributed by atoms with Gasteiger partial charge in [-0.1, -0.05) is 227 Å². The minimum atomic E-state index is -0.465. The first-order chi connectivity index (χ1) is 31.5. The van der Waals surface area contributed by atoms with E-state index in [4.69, 9.17) is 14.2 Å². The number of carbonyl (C=O) groups is 2. The minimum Gasteiger partial charge on any atom is -0.465 e. The smallest absolute Gasteiger partial charge is 0.465 e. The molecule has 0 bridgehead atoms. The van der Waals surface area contributed by atoms with Crippen LogP contribution in [0.3, 0.4) is 0 Å². The van der Waals surface area contributed by atoms with Gasteiger partial charge in [0.15, 0.2) is 0 Å². The Kier molecular flexibility index (Phi) is 51.5. The minimum absolute atomic E-state index is 0.00245. The molecule has 64 heavy (non-hydrogen) atoms. The first-order valence-electron chi connectivity index (χ1n) is 29.0. The Morgan fingerprint density at radius 3 is 1.08 bits per heavy atom. The van der Waals surface area contributed by atoms with Gasteiger partial charge in [-0.15, -0.1) is 0 Å². The van der Waals surface area contributed by atoms with Crippen molar-refractivity contribution in [2.24, 2.45) is 5.92 Å². The van der Waals surface area contributed by atoms with Crippen LogP contribution in [0.1, 0.15) is 304 Å². The van der Waals surface area contributed by atoms with Crippen LogP contribution in [-0.2, 0) is 19.0 Å². The van der Waals surface area contributed by atoms with Crippen LogP contribution in [0.15, 0.2) is 0 Å². The maximum absolute atomic E-state index is 13.1. The number of ether oxygens (including phenoxy) is 3. The van der Waals surface area contributed by atoms with Crippen molar-refractivity contribution in [3.63, 3.8) is 0 Å². The SMILES string of the molecule is CCCCCCCCCCCC(CCCCCC)OC(=O)OCCCCCCCC[NH+](CCO)CCCCCCCCOC(=O)C(CCCCCCCCC)CCCCCCCCC. The second-order valence-corrected chi connectivity index (χ2v) is 20.0. The standard InChI is InChI=1S/C57H113NO6/c1-5-9-13-17-20-21-24-31-39-47-55(46-38-16-12-8-4)64-57(61)63-53-43-35-28-26-33-41-49-58(50-51-59)48-40-32-25-27-34-42-52-62-56(60)54(44-36-29-22-18-14-10-6-2)45-37-30-23-19-15-11-7-3/h54-55,59H,5-53H2,1-4H3/p+1. The van der Waals surface area contributed by atoms with E-state index >= 15 is 0 Å². The third kappa shape index (κ3) is 45.8. The van der Waals surface area contributed by atoms with Gasteiger partial charge in [-0.05, 0) is 77.0 Å². The molecule has 0 aromatic carbocycles. The molecule has 0 saturated heterocycles. The molecule has 0 aliphatic rings. The predicted molar refractivity (Wildman–Crippen MR) is 275 cm³/mol. The van der Waals surface area contributed by atoms with E-state index in [1.807, 2.05) is 0 Å². The Morgan fingerprint density at radius 2 is 0.688 bits per heavy atom. The van der Waals surface area contributed by atoms with E-state index in [1.54, 1.807) is 0 Å². The van der Waals surface area contributed by atoms with Crippen molar-refractivity contribution in [3.05, 3.63) is 0 Å². The molecule has 0 fully saturated rings. The van der Waals surface area contributed by atoms with Gasteiger partial charge in [-0.3, -0.25) is 4.79 Å². The predicted octanol–water partition coefficient (Wildman–Crippen LogP) is 16.4. The number of hydrogen-bond donors (Lipinski definition) is 2. The third-order valence-corrected chi connectivity index (χ3v) is 13.7. The zero-order valence-electron chi connectivity index (χ0n) is 43.8. The Bertz CT molecular complexity index is 914. The zero-order chi connectivity index (χ0) is 46.7. The summed E-state index contributed by atoms with van der Waals surface area (Å²) in [5.74, 6) is 0.171. The van der Waals surface area contributed by atoms with E-state index in [-0.39, 0.29) is 24.6 Å². The number of aliphatic hydroxyl groups is 1. The van der Waals surface area contributed by atoms with Gasteiger partial charge >= 0.3 is 12.1 Å². The number of quaternary nitrogens is 1. The molecular formula is C57H114NO6+. The molecule has 0 aromatic heterocycles. The summed E-state index contributed by atoms with van der Waals surface area (Å²) in [6.45, 7) is 13.5. The summed E-state index contributed by atoms with van der Waals surface area (Å²) in [6.07, 6.45) is 52.0. The Hall–Kier alpha value is -1.34. The molecule has 7 heteroatoms. The topological polar surface area (TPSA) is 86.5 Å². The van der Waals surface area contributed by atoms with Gasteiger partial charge in [-0.2, -0.15) is 0 Å². The molecule has 0 radical (unpaired) electrons. The lowest BCUT2D eigenvalue weighted by atomic mass is 9.94. The fourth-order valence-electron chi connectivity index (χ4n) is 9.34. The highest BCUT2D eigenvalue weighted by molar-refractivity contribution is 5.72. The van der Waals surface area contributed by atoms with Crippen LogP contribution in [0.4, 0.5) is 4.79 Å². The Balaban J connectivity index is 4.11. The molecule has 2 atom stereocenters. The summed E-state index contributed by atoms with van der Waals surface area (Å²) < 4.78 is 17.2. The highest BCUT2D eigenvalue weighted by atomic mass is 16.7. The first kappa shape index (κ1) is 62.7. The van der Waals surface area contributed by atoms with E-state index in [1.165, 1.54) is 204 Å². The monoisotopic (exact) mass is 909 g/mol. The summed E-state index contributed by atoms with van der Waals surface area (Å²) in [4.78, 5) is 27.2. The van der Waals surface area contributed by atoms with Crippen LogP contribution in [0.2, 0.25) is 0 Å². The Labute approximate surface area is 399 Å². The molecule has 2 N–H and O–H groups in total. The molecule has 0 aromatic rings. The summed E-state index contributed by atoms with van der Waals surface area (Å²) in [6, 6.07) is 0. The largest absolute Gasteiger partial charge is 0.508 e. The number of rotatable bonds is 53. The van der Waals surface area contributed by atoms with Crippen LogP contribution < -0.4 is 4.90 Å². The van der Waals surface area contributed by atoms with Crippen LogP contribution in [0.5, 0.6) is 0 Å². The number of nitrogens with one attached hydrogen (secondary N) is 1. The summed E-state index contributed by atoms with van der Waals surface area (Å²) in [5, 5.41) is 9.67. The molecule has 0 amide bonds. The second kappa shape index (κ2) is 52.6. The molecule has 382 valence electrons. The average Bonchev–Trinajstić information content (AvgIpc) is 3.29. The van der Waals surface area contributed by atoms with E-state index in [2.05, 4.69) is 27.7 Å². The number of esters is 1. The molecule has 7 nitrogen and oxygen atoms in total. The van der Waals surface area contributed by atoms with Gasteiger partial charge < -0.3 is 24.2 Å². The van der Waals surface area contributed by atoms with Gasteiger partial charge in [0.1, 0.15) is 12.6 Å². The van der Waals surface area contributed by atoms with Crippen LogP contribution >= 0.6 is 0 Å². The number of carbonyl (C=O) groups excluding carboxylic acids is 2. The van der Waals surface area contributed by atoms with Crippen molar-refractivity contribution in [2.75, 3.05) is 39.5 Å². The fourth-order valence-corrected chi connectivity index (χ4v) is 9.34. The van der Waals surface area contributed by atoms with Gasteiger partial charge in [0, 0.05) is 0 Å². The van der Waals surface area contributed by atoms with E-state index in [9.17, 15) is 14.7 Å². The lowest BCUT2D eigenvalue weighted by Gasteiger charge is -2.18. The molecule has 0 saturated carbocycles. The van der Waals surface area contributed by atoms with Crippen molar-refractivity contribution in [3.8, 4) is 0 Å². The van der Waals surface area contributed by atoms with Crippen molar-refractivity contribution in [1.29, 1.82) is 0 Å². The molecule has 0 rings (SSSR count). The first-order valence-corrected chi connectivity index (χ1v) is 29.0. The number of unbranched alkanes of at least 4 members (excludes halogenated alkanes) is 33. The average molecular weight is 910 g/mol. The third-order valence-electron chi connectivity index (χ3n) is 13.7. The highest BCUT2D eigenvalue weighted by Crippen LogP contribution is 2.22. The van der Waals surface area contributed by atoms with E-state index in [0.717, 1.165) is 96.7 Å². The molecule has 0 spiro atoms. The van der Waals surface area contributed by atoms with Crippen molar-refractivity contribution >= 4 is 12.1 Å². The van der Waals surface area contributed by atoms with Gasteiger partial charge in [-0.25, -0.2) is 4.79 Å². The highest BCUT2D eigenvalue weighted by Gasteiger charge is 2.20. The van der Waals surface area contributed by atoms with Crippen LogP contribution in [-0.4, -0.2) is 62.8 Å². The van der Waals surface area contributed by atoms with Crippen LogP contribution in [0, 0.1) is 5.92 Å². The summed E-state index contributed by atoms with van der Waals surface area (Å²) >= 11 is 0. The fraction of sp³-hybridized carbons (Fsp3) is 0.965. The van der Waals surface area contributed by atoms with Gasteiger partial charge in [0.05, 0.1) is 38.8 Å². The lowest BCUT2D eigenvalue weighted by Crippen LogP contribution is -3.12. The van der Waals surface area contributed by atoms with Gasteiger partial charge in [0.25, 0.3) is 0 Å². The van der Waals surface area contributed by atoms with E-state index in [0.29, 0.717) is 13.2 Å². The van der Waals surface area contributed by atoms with Crippen LogP contribution in [0.25, 0.3) is 0 Å². The number of hydrogen-bond acceptors (Lipinski definition) is 6. The second-order valence-electron chi connectivity index (χ2n) is 20.0. The molecule has 0 aliphatic heterocycles.